The van der Waals surface area contributed by atoms with Crippen LogP contribution >= 0.6 is 11.6 Å². The van der Waals surface area contributed by atoms with E-state index >= 15 is 0 Å². The van der Waals surface area contributed by atoms with Gasteiger partial charge in [0.25, 0.3) is 0 Å². The quantitative estimate of drug-likeness (QED) is 0.901. The molecule has 130 valence electrons. The normalized spacial score (nSPS) is 17.0. The Morgan fingerprint density at radius 2 is 1.80 bits per heavy atom. The summed E-state index contributed by atoms with van der Waals surface area (Å²) in [5, 5.41) is 2.85. The van der Waals surface area contributed by atoms with Crippen molar-refractivity contribution in [2.24, 2.45) is 5.92 Å². The van der Waals surface area contributed by atoms with Gasteiger partial charge < -0.3 is 10.2 Å². The maximum atomic E-state index is 13.6. The lowest BCUT2D eigenvalue weighted by molar-refractivity contribution is -0.128. The van der Waals surface area contributed by atoms with Crippen molar-refractivity contribution in [3.05, 3.63) is 64.7 Å². The fourth-order valence-corrected chi connectivity index (χ4v) is 2.88. The largest absolute Gasteiger partial charge is 0.338 e. The summed E-state index contributed by atoms with van der Waals surface area (Å²) >= 11 is 5.83. The van der Waals surface area contributed by atoms with E-state index in [1.165, 1.54) is 6.07 Å². The van der Waals surface area contributed by atoms with Crippen LogP contribution in [0.15, 0.2) is 42.5 Å². The number of para-hydroxylation sites is 1. The molecule has 1 aliphatic rings. The molecule has 0 bridgehead atoms. The van der Waals surface area contributed by atoms with Crippen LogP contribution < -0.4 is 5.32 Å². The number of hydrogen-bond acceptors (Lipinski definition) is 2. The summed E-state index contributed by atoms with van der Waals surface area (Å²) in [5.41, 5.74) is 0.398. The molecule has 2 aromatic rings. The van der Waals surface area contributed by atoms with Crippen molar-refractivity contribution in [3.8, 4) is 0 Å². The smallest absolute Gasteiger partial charge is 0.229 e. The molecule has 25 heavy (non-hydrogen) atoms. The van der Waals surface area contributed by atoms with Crippen LogP contribution in [0.3, 0.4) is 0 Å². The Hall–Kier alpha value is -2.47. The molecule has 1 fully saturated rings. The lowest BCUT2D eigenvalue weighted by atomic mass is 10.1. The number of benzene rings is 2. The third-order valence-corrected chi connectivity index (χ3v) is 4.33. The minimum absolute atomic E-state index is 0.00942. The van der Waals surface area contributed by atoms with Gasteiger partial charge in [0.1, 0.15) is 17.3 Å². The van der Waals surface area contributed by atoms with E-state index in [1.807, 2.05) is 0 Å². The van der Waals surface area contributed by atoms with Crippen molar-refractivity contribution >= 4 is 29.1 Å². The molecule has 1 N–H and O–H groups in total. The molecule has 3 rings (SSSR count). The average Bonchev–Trinajstić information content (AvgIpc) is 2.94. The number of hydrogen-bond donors (Lipinski definition) is 1. The first kappa shape index (κ1) is 17.4. The molecule has 4 nitrogen and oxygen atoms in total. The van der Waals surface area contributed by atoms with E-state index in [2.05, 4.69) is 5.32 Å². The highest BCUT2D eigenvalue weighted by molar-refractivity contribution is 6.30. The predicted octanol–water partition coefficient (Wildman–Crippen LogP) is 3.61. The maximum Gasteiger partial charge on any atom is 0.229 e. The number of carbonyl (C=O) groups is 2. The number of amides is 2. The number of nitrogens with one attached hydrogen (secondary N) is 1. The Bertz CT molecular complexity index is 791. The van der Waals surface area contributed by atoms with E-state index in [9.17, 15) is 18.4 Å². The average molecular weight is 365 g/mol. The fourth-order valence-electron chi connectivity index (χ4n) is 2.75. The molecule has 1 saturated heterocycles. The summed E-state index contributed by atoms with van der Waals surface area (Å²) in [4.78, 5) is 25.9. The molecule has 1 heterocycles. The van der Waals surface area contributed by atoms with Gasteiger partial charge in [-0.05, 0) is 29.8 Å². The van der Waals surface area contributed by atoms with E-state index in [0.717, 1.165) is 17.7 Å². The van der Waals surface area contributed by atoms with Crippen molar-refractivity contribution in [3.63, 3.8) is 0 Å². The number of nitrogens with zero attached hydrogens (tertiary/aromatic N) is 1. The van der Waals surface area contributed by atoms with Crippen LogP contribution in [-0.4, -0.2) is 23.3 Å². The van der Waals surface area contributed by atoms with Gasteiger partial charge in [0.2, 0.25) is 11.8 Å². The standard InChI is InChI=1S/C18H15ClF2N2O2/c19-13-6-4-11(5-7-13)9-23-10-12(8-16(23)24)18(25)22-17-14(20)2-1-3-15(17)21/h1-7,12H,8-10H2,(H,22,25). The number of likely N-dealkylation sites (tertiary alicyclic amines) is 1. The van der Waals surface area contributed by atoms with Crippen LogP contribution in [0, 0.1) is 17.6 Å². The third-order valence-electron chi connectivity index (χ3n) is 4.08. The van der Waals surface area contributed by atoms with E-state index in [1.54, 1.807) is 29.2 Å². The highest BCUT2D eigenvalue weighted by atomic mass is 35.5. The van der Waals surface area contributed by atoms with Gasteiger partial charge in [-0.15, -0.1) is 0 Å². The predicted molar refractivity (Wildman–Crippen MR) is 90.0 cm³/mol. The van der Waals surface area contributed by atoms with Crippen LogP contribution in [0.1, 0.15) is 12.0 Å². The molecule has 2 aromatic carbocycles. The number of carbonyl (C=O) groups excluding carboxylic acids is 2. The molecule has 0 radical (unpaired) electrons. The van der Waals surface area contributed by atoms with Crippen molar-refractivity contribution in [2.45, 2.75) is 13.0 Å². The van der Waals surface area contributed by atoms with Gasteiger partial charge >= 0.3 is 0 Å². The summed E-state index contributed by atoms with van der Waals surface area (Å²) in [6.45, 7) is 0.553. The Morgan fingerprint density at radius 3 is 2.44 bits per heavy atom. The summed E-state index contributed by atoms with van der Waals surface area (Å²) in [6, 6.07) is 10.4. The van der Waals surface area contributed by atoms with Gasteiger partial charge in [-0.25, -0.2) is 8.78 Å². The van der Waals surface area contributed by atoms with Crippen LogP contribution in [-0.2, 0) is 16.1 Å². The second-order valence-electron chi connectivity index (χ2n) is 5.89. The monoisotopic (exact) mass is 364 g/mol. The molecular weight excluding hydrogens is 350 g/mol. The zero-order valence-corrected chi connectivity index (χ0v) is 13.9. The van der Waals surface area contributed by atoms with Crippen LogP contribution in [0.25, 0.3) is 0 Å². The van der Waals surface area contributed by atoms with E-state index in [-0.39, 0.29) is 18.9 Å². The SMILES string of the molecule is O=C(Nc1c(F)cccc1F)C1CC(=O)N(Cc2ccc(Cl)cc2)C1. The minimum Gasteiger partial charge on any atom is -0.338 e. The van der Waals surface area contributed by atoms with Gasteiger partial charge in [0, 0.05) is 24.5 Å². The molecule has 0 aromatic heterocycles. The van der Waals surface area contributed by atoms with Crippen molar-refractivity contribution in [1.82, 2.24) is 4.90 Å². The van der Waals surface area contributed by atoms with Gasteiger partial charge in [-0.2, -0.15) is 0 Å². The lowest BCUT2D eigenvalue weighted by Gasteiger charge is -2.17. The van der Waals surface area contributed by atoms with Gasteiger partial charge in [0.05, 0.1) is 5.92 Å². The molecular formula is C18H15ClF2N2O2. The fraction of sp³-hybridized carbons (Fsp3) is 0.222. The second-order valence-corrected chi connectivity index (χ2v) is 6.32. The third kappa shape index (κ3) is 3.96. The number of anilines is 1. The van der Waals surface area contributed by atoms with Crippen LogP contribution in [0.4, 0.5) is 14.5 Å². The number of halogens is 3. The molecule has 0 spiro atoms. The summed E-state index contributed by atoms with van der Waals surface area (Å²) in [7, 11) is 0. The van der Waals surface area contributed by atoms with Crippen molar-refractivity contribution < 1.29 is 18.4 Å². The molecule has 0 saturated carbocycles. The highest BCUT2D eigenvalue weighted by Crippen LogP contribution is 2.24. The molecule has 1 aliphatic heterocycles. The summed E-state index contributed by atoms with van der Waals surface area (Å²) in [5.74, 6) is -3.11. The molecule has 1 atom stereocenters. The van der Waals surface area contributed by atoms with Crippen LogP contribution in [0.5, 0.6) is 0 Å². The lowest BCUT2D eigenvalue weighted by Crippen LogP contribution is -2.28. The molecule has 2 amide bonds. The first-order valence-electron chi connectivity index (χ1n) is 7.71. The Balaban J connectivity index is 1.65. The Labute approximate surface area is 148 Å². The summed E-state index contributed by atoms with van der Waals surface area (Å²) < 4.78 is 27.3. The second kappa shape index (κ2) is 7.19. The zero-order chi connectivity index (χ0) is 18.0. The summed E-state index contributed by atoms with van der Waals surface area (Å²) in [6.07, 6.45) is 0.00942. The highest BCUT2D eigenvalue weighted by Gasteiger charge is 2.34. The molecule has 1 unspecified atom stereocenters. The van der Waals surface area contributed by atoms with E-state index in [0.29, 0.717) is 11.6 Å². The van der Waals surface area contributed by atoms with Gasteiger partial charge in [-0.1, -0.05) is 29.8 Å². The topological polar surface area (TPSA) is 49.4 Å². The Kier molecular flexibility index (Phi) is 4.99. The van der Waals surface area contributed by atoms with Gasteiger partial charge in [0.15, 0.2) is 0 Å². The van der Waals surface area contributed by atoms with Crippen molar-refractivity contribution in [2.75, 3.05) is 11.9 Å². The first-order valence-corrected chi connectivity index (χ1v) is 8.09. The minimum atomic E-state index is -0.851. The number of rotatable bonds is 4. The zero-order valence-electron chi connectivity index (χ0n) is 13.1. The first-order chi connectivity index (χ1) is 11.9. The molecule has 0 aliphatic carbocycles. The maximum absolute atomic E-state index is 13.6. The van der Waals surface area contributed by atoms with Crippen molar-refractivity contribution in [1.29, 1.82) is 0 Å². The van der Waals surface area contributed by atoms with Gasteiger partial charge in [-0.3, -0.25) is 9.59 Å². The Morgan fingerprint density at radius 1 is 1.16 bits per heavy atom. The van der Waals surface area contributed by atoms with E-state index in [4.69, 9.17) is 11.6 Å². The van der Waals surface area contributed by atoms with E-state index < -0.39 is 29.1 Å². The molecule has 7 heteroatoms. The van der Waals surface area contributed by atoms with Crippen LogP contribution in [0.2, 0.25) is 5.02 Å².